The summed E-state index contributed by atoms with van der Waals surface area (Å²) in [5.41, 5.74) is 0.339. The van der Waals surface area contributed by atoms with Gasteiger partial charge in [0.1, 0.15) is 0 Å². The van der Waals surface area contributed by atoms with Gasteiger partial charge in [0.2, 0.25) is 17.7 Å². The number of nitrogens with zero attached hydrogens (tertiary/aromatic N) is 2. The first kappa shape index (κ1) is 20.6. The Morgan fingerprint density at radius 1 is 1.18 bits per heavy atom. The minimum absolute atomic E-state index is 0.0480. The smallest absolute Gasteiger partial charge is 0.227 e. The molecule has 3 amide bonds. The second-order valence-electron chi connectivity index (χ2n) is 8.71. The van der Waals surface area contributed by atoms with E-state index in [-0.39, 0.29) is 41.5 Å². The van der Waals surface area contributed by atoms with Crippen molar-refractivity contribution in [2.75, 3.05) is 24.5 Å². The fourth-order valence-corrected chi connectivity index (χ4v) is 3.98. The van der Waals surface area contributed by atoms with Crippen LogP contribution in [0.1, 0.15) is 40.0 Å². The molecule has 0 spiro atoms. The summed E-state index contributed by atoms with van der Waals surface area (Å²) in [5, 5.41) is 3.65. The maximum absolute atomic E-state index is 12.7. The van der Waals surface area contributed by atoms with E-state index in [2.05, 4.69) is 5.32 Å². The summed E-state index contributed by atoms with van der Waals surface area (Å²) in [7, 11) is 0. The molecule has 1 aromatic rings. The Bertz CT molecular complexity index is 766. The van der Waals surface area contributed by atoms with Gasteiger partial charge in [0.25, 0.3) is 0 Å². The van der Waals surface area contributed by atoms with Gasteiger partial charge in [0.05, 0.1) is 5.92 Å². The van der Waals surface area contributed by atoms with Crippen molar-refractivity contribution in [1.82, 2.24) is 10.2 Å². The van der Waals surface area contributed by atoms with E-state index >= 15 is 0 Å². The molecule has 2 fully saturated rings. The van der Waals surface area contributed by atoms with Crippen LogP contribution in [0.2, 0.25) is 5.02 Å². The van der Waals surface area contributed by atoms with Gasteiger partial charge in [-0.15, -0.1) is 0 Å². The molecule has 0 saturated carbocycles. The zero-order valence-electron chi connectivity index (χ0n) is 16.7. The van der Waals surface area contributed by atoms with E-state index in [1.165, 1.54) is 0 Å². The SMILES string of the molecule is CC(C)(C)C(=O)N1CCC(NC(=O)[C@@H]2CC(=O)N(c3cccc(Cl)c3)C2)CC1. The zero-order chi connectivity index (χ0) is 20.5. The number of carbonyl (C=O) groups is 3. The van der Waals surface area contributed by atoms with Crippen LogP contribution < -0.4 is 10.2 Å². The summed E-state index contributed by atoms with van der Waals surface area (Å²) in [6.45, 7) is 7.44. The maximum atomic E-state index is 12.7. The minimum Gasteiger partial charge on any atom is -0.353 e. The number of anilines is 1. The van der Waals surface area contributed by atoms with Crippen molar-refractivity contribution in [3.63, 3.8) is 0 Å². The quantitative estimate of drug-likeness (QED) is 0.840. The van der Waals surface area contributed by atoms with Gasteiger partial charge < -0.3 is 15.1 Å². The molecule has 0 bridgehead atoms. The zero-order valence-corrected chi connectivity index (χ0v) is 17.5. The monoisotopic (exact) mass is 405 g/mol. The highest BCUT2D eigenvalue weighted by atomic mass is 35.5. The first-order valence-electron chi connectivity index (χ1n) is 9.81. The minimum atomic E-state index is -0.385. The fraction of sp³-hybridized carbons (Fsp3) is 0.571. The second-order valence-corrected chi connectivity index (χ2v) is 9.15. The topological polar surface area (TPSA) is 69.7 Å². The van der Waals surface area contributed by atoms with Crippen LogP contribution in [0, 0.1) is 11.3 Å². The molecule has 28 heavy (non-hydrogen) atoms. The number of halogens is 1. The molecule has 1 atom stereocenters. The van der Waals surface area contributed by atoms with Gasteiger partial charge in [-0.25, -0.2) is 0 Å². The van der Waals surface area contributed by atoms with Crippen LogP contribution in [0.25, 0.3) is 0 Å². The largest absolute Gasteiger partial charge is 0.353 e. The molecule has 3 rings (SSSR count). The second kappa shape index (κ2) is 8.11. The Kier molecular flexibility index (Phi) is 5.98. The number of hydrogen-bond acceptors (Lipinski definition) is 3. The highest BCUT2D eigenvalue weighted by Crippen LogP contribution is 2.28. The van der Waals surface area contributed by atoms with E-state index in [9.17, 15) is 14.4 Å². The van der Waals surface area contributed by atoms with E-state index in [1.54, 1.807) is 23.1 Å². The van der Waals surface area contributed by atoms with Gasteiger partial charge in [0.15, 0.2) is 0 Å². The lowest BCUT2D eigenvalue weighted by Crippen LogP contribution is -2.50. The first-order chi connectivity index (χ1) is 13.1. The number of likely N-dealkylation sites (tertiary alicyclic amines) is 1. The number of carbonyl (C=O) groups excluding carboxylic acids is 3. The third-order valence-corrected chi connectivity index (χ3v) is 5.62. The Hall–Kier alpha value is -2.08. The Morgan fingerprint density at radius 3 is 2.46 bits per heavy atom. The van der Waals surface area contributed by atoms with Crippen LogP contribution in [0.3, 0.4) is 0 Å². The number of benzene rings is 1. The molecule has 6 nitrogen and oxygen atoms in total. The van der Waals surface area contributed by atoms with Crippen molar-refractivity contribution in [2.45, 2.75) is 46.1 Å². The van der Waals surface area contributed by atoms with Crippen LogP contribution in [0.5, 0.6) is 0 Å². The Balaban J connectivity index is 1.52. The summed E-state index contributed by atoms with van der Waals surface area (Å²) >= 11 is 6.02. The van der Waals surface area contributed by atoms with Crippen molar-refractivity contribution < 1.29 is 14.4 Å². The molecule has 2 aliphatic rings. The van der Waals surface area contributed by atoms with Crippen LogP contribution in [0.4, 0.5) is 5.69 Å². The van der Waals surface area contributed by atoms with E-state index in [4.69, 9.17) is 11.6 Å². The predicted octanol–water partition coefficient (Wildman–Crippen LogP) is 2.85. The average Bonchev–Trinajstić information content (AvgIpc) is 3.03. The number of rotatable bonds is 3. The first-order valence-corrected chi connectivity index (χ1v) is 10.2. The molecule has 0 radical (unpaired) electrons. The summed E-state index contributed by atoms with van der Waals surface area (Å²) in [5.74, 6) is -0.358. The summed E-state index contributed by atoms with van der Waals surface area (Å²) in [4.78, 5) is 40.9. The van der Waals surface area contributed by atoms with Crippen molar-refractivity contribution >= 4 is 35.0 Å². The molecule has 0 aliphatic carbocycles. The molecule has 0 unspecified atom stereocenters. The Labute approximate surface area is 171 Å². The molecule has 2 aliphatic heterocycles. The molecule has 1 aromatic carbocycles. The van der Waals surface area contributed by atoms with E-state index in [1.807, 2.05) is 31.7 Å². The molecule has 0 aromatic heterocycles. The van der Waals surface area contributed by atoms with Crippen LogP contribution >= 0.6 is 11.6 Å². The highest BCUT2D eigenvalue weighted by molar-refractivity contribution is 6.31. The number of nitrogens with one attached hydrogen (secondary N) is 1. The molecular weight excluding hydrogens is 378 g/mol. The summed E-state index contributed by atoms with van der Waals surface area (Å²) in [6.07, 6.45) is 1.69. The van der Waals surface area contributed by atoms with Crippen LogP contribution in [-0.4, -0.2) is 48.3 Å². The maximum Gasteiger partial charge on any atom is 0.227 e. The normalized spacial score (nSPS) is 21.1. The van der Waals surface area contributed by atoms with Gasteiger partial charge in [-0.1, -0.05) is 38.4 Å². The van der Waals surface area contributed by atoms with Gasteiger partial charge in [0, 0.05) is 48.2 Å². The standard InChI is InChI=1S/C21H28ClN3O3/c1-21(2,3)20(28)24-9-7-16(8-10-24)23-19(27)14-11-18(26)25(13-14)17-6-4-5-15(22)12-17/h4-6,12,14,16H,7-11,13H2,1-3H3,(H,23,27)/t14-/m1/s1. The number of amides is 3. The van der Waals surface area contributed by atoms with Crippen LogP contribution in [0.15, 0.2) is 24.3 Å². The van der Waals surface area contributed by atoms with E-state index in [0.717, 1.165) is 18.5 Å². The third-order valence-electron chi connectivity index (χ3n) is 5.39. The Morgan fingerprint density at radius 2 is 1.86 bits per heavy atom. The molecule has 1 N–H and O–H groups in total. The van der Waals surface area contributed by atoms with Crippen molar-refractivity contribution in [3.8, 4) is 0 Å². The molecular formula is C21H28ClN3O3. The van der Waals surface area contributed by atoms with Crippen molar-refractivity contribution in [3.05, 3.63) is 29.3 Å². The number of piperidine rings is 1. The molecule has 2 heterocycles. The highest BCUT2D eigenvalue weighted by Gasteiger charge is 2.37. The average molecular weight is 406 g/mol. The summed E-state index contributed by atoms with van der Waals surface area (Å²) < 4.78 is 0. The fourth-order valence-electron chi connectivity index (χ4n) is 3.80. The lowest BCUT2D eigenvalue weighted by molar-refractivity contribution is -0.140. The third kappa shape index (κ3) is 4.66. The molecule has 152 valence electrons. The lowest BCUT2D eigenvalue weighted by atomic mass is 9.93. The van der Waals surface area contributed by atoms with Gasteiger partial charge in [-0.05, 0) is 31.0 Å². The van der Waals surface area contributed by atoms with Gasteiger partial charge in [-0.3, -0.25) is 14.4 Å². The predicted molar refractivity (Wildman–Crippen MR) is 109 cm³/mol. The number of hydrogen-bond donors (Lipinski definition) is 1. The van der Waals surface area contributed by atoms with Crippen molar-refractivity contribution in [2.24, 2.45) is 11.3 Å². The van der Waals surface area contributed by atoms with Gasteiger partial charge >= 0.3 is 0 Å². The molecule has 2 saturated heterocycles. The van der Waals surface area contributed by atoms with Gasteiger partial charge in [-0.2, -0.15) is 0 Å². The van der Waals surface area contributed by atoms with Crippen LogP contribution in [-0.2, 0) is 14.4 Å². The summed E-state index contributed by atoms with van der Waals surface area (Å²) in [6, 6.07) is 7.16. The van der Waals surface area contributed by atoms with E-state index < -0.39 is 0 Å². The lowest BCUT2D eigenvalue weighted by Gasteiger charge is -2.36. The molecule has 7 heteroatoms. The van der Waals surface area contributed by atoms with Crippen molar-refractivity contribution in [1.29, 1.82) is 0 Å². The van der Waals surface area contributed by atoms with E-state index in [0.29, 0.717) is 24.7 Å².